The molecule has 0 aliphatic carbocycles. The van der Waals surface area contributed by atoms with Crippen LogP contribution in [0.1, 0.15) is 11.1 Å². The Hall–Kier alpha value is -1.01. The Balaban J connectivity index is 2.06. The minimum atomic E-state index is -4.30. The van der Waals surface area contributed by atoms with Crippen LogP contribution in [-0.2, 0) is 12.7 Å². The first-order chi connectivity index (χ1) is 8.45. The first-order valence-corrected chi connectivity index (χ1v) is 6.76. The highest BCUT2D eigenvalue weighted by Gasteiger charge is 2.30. The molecule has 1 aromatic heterocycles. The number of halogens is 4. The van der Waals surface area contributed by atoms with Crippen LogP contribution in [0.2, 0.25) is 0 Å². The third-order valence-corrected chi connectivity index (χ3v) is 3.86. The maximum Gasteiger partial charge on any atom is 0.416 e. The number of rotatable bonds is 3. The van der Waals surface area contributed by atoms with E-state index in [0.717, 1.165) is 21.5 Å². The van der Waals surface area contributed by atoms with Crippen molar-refractivity contribution in [1.82, 2.24) is 0 Å². The van der Waals surface area contributed by atoms with Crippen LogP contribution in [0.15, 0.2) is 39.5 Å². The topological polar surface area (TPSA) is 12.0 Å². The van der Waals surface area contributed by atoms with Gasteiger partial charge in [-0.3, -0.25) is 0 Å². The molecule has 1 heterocycles. The normalized spacial score (nSPS) is 11.6. The van der Waals surface area contributed by atoms with E-state index in [1.165, 1.54) is 6.07 Å². The molecule has 6 heteroatoms. The highest BCUT2D eigenvalue weighted by molar-refractivity contribution is 9.11. The second-order valence-corrected chi connectivity index (χ2v) is 5.98. The zero-order chi connectivity index (χ0) is 13.2. The first kappa shape index (κ1) is 13.4. The van der Waals surface area contributed by atoms with Gasteiger partial charge in [0.25, 0.3) is 0 Å². The fourth-order valence-corrected chi connectivity index (χ4v) is 2.66. The van der Waals surface area contributed by atoms with E-state index in [-0.39, 0.29) is 0 Å². The van der Waals surface area contributed by atoms with Crippen LogP contribution >= 0.6 is 27.3 Å². The van der Waals surface area contributed by atoms with Gasteiger partial charge in [0, 0.05) is 12.2 Å². The van der Waals surface area contributed by atoms with E-state index in [4.69, 9.17) is 0 Å². The van der Waals surface area contributed by atoms with Gasteiger partial charge in [-0.1, -0.05) is 6.07 Å². The highest BCUT2D eigenvalue weighted by atomic mass is 79.9. The molecule has 0 bridgehead atoms. The Morgan fingerprint density at radius 2 is 2.00 bits per heavy atom. The number of nitrogens with one attached hydrogen (secondary N) is 1. The Labute approximate surface area is 115 Å². The van der Waals surface area contributed by atoms with Crippen LogP contribution in [0, 0.1) is 0 Å². The number of anilines is 1. The van der Waals surface area contributed by atoms with E-state index in [0.29, 0.717) is 12.2 Å². The Bertz CT molecular complexity index is 536. The molecule has 1 aromatic carbocycles. The predicted molar refractivity (Wildman–Crippen MR) is 70.8 cm³/mol. The zero-order valence-corrected chi connectivity index (χ0v) is 11.5. The van der Waals surface area contributed by atoms with E-state index >= 15 is 0 Å². The molecule has 0 amide bonds. The minimum absolute atomic E-state index is 0.465. The number of hydrogen-bond donors (Lipinski definition) is 1. The van der Waals surface area contributed by atoms with Gasteiger partial charge >= 0.3 is 6.18 Å². The van der Waals surface area contributed by atoms with Crippen LogP contribution in [0.4, 0.5) is 18.9 Å². The van der Waals surface area contributed by atoms with E-state index in [9.17, 15) is 13.2 Å². The molecule has 2 rings (SSSR count). The van der Waals surface area contributed by atoms with Crippen LogP contribution in [0.25, 0.3) is 0 Å². The molecule has 0 spiro atoms. The summed E-state index contributed by atoms with van der Waals surface area (Å²) in [6, 6.07) is 7.13. The summed E-state index contributed by atoms with van der Waals surface area (Å²) in [5.41, 5.74) is 0.857. The maximum absolute atomic E-state index is 12.5. The van der Waals surface area contributed by atoms with E-state index < -0.39 is 11.7 Å². The predicted octanol–water partition coefficient (Wildman–Crippen LogP) is 5.14. The lowest BCUT2D eigenvalue weighted by atomic mass is 10.2. The van der Waals surface area contributed by atoms with Crippen molar-refractivity contribution in [3.63, 3.8) is 0 Å². The minimum Gasteiger partial charge on any atom is -0.381 e. The summed E-state index contributed by atoms with van der Waals surface area (Å²) in [5.74, 6) is 0. The molecule has 0 atom stereocenters. The monoisotopic (exact) mass is 335 g/mol. The number of alkyl halides is 3. The van der Waals surface area contributed by atoms with Crippen LogP contribution in [-0.4, -0.2) is 0 Å². The second kappa shape index (κ2) is 5.32. The lowest BCUT2D eigenvalue weighted by molar-refractivity contribution is -0.137. The lowest BCUT2D eigenvalue weighted by Gasteiger charge is -2.10. The van der Waals surface area contributed by atoms with Gasteiger partial charge in [0.2, 0.25) is 0 Å². The Morgan fingerprint density at radius 1 is 1.22 bits per heavy atom. The van der Waals surface area contributed by atoms with Gasteiger partial charge in [-0.2, -0.15) is 13.2 Å². The number of thiophene rings is 1. The van der Waals surface area contributed by atoms with Crippen molar-refractivity contribution in [3.8, 4) is 0 Å². The lowest BCUT2D eigenvalue weighted by Crippen LogP contribution is -2.06. The average molecular weight is 336 g/mol. The van der Waals surface area contributed by atoms with Crippen molar-refractivity contribution < 1.29 is 13.2 Å². The van der Waals surface area contributed by atoms with Gasteiger partial charge in [0.1, 0.15) is 0 Å². The summed E-state index contributed by atoms with van der Waals surface area (Å²) < 4.78 is 38.5. The third kappa shape index (κ3) is 3.49. The van der Waals surface area contributed by atoms with Gasteiger partial charge in [-0.05, 0) is 51.1 Å². The quantitative estimate of drug-likeness (QED) is 0.818. The molecule has 0 aliphatic rings. The summed E-state index contributed by atoms with van der Waals surface area (Å²) in [7, 11) is 0. The first-order valence-electron chi connectivity index (χ1n) is 5.09. The highest BCUT2D eigenvalue weighted by Crippen LogP contribution is 2.30. The summed E-state index contributed by atoms with van der Waals surface area (Å²) >= 11 is 4.88. The van der Waals surface area contributed by atoms with Crippen LogP contribution < -0.4 is 5.32 Å². The van der Waals surface area contributed by atoms with Crippen molar-refractivity contribution in [1.29, 1.82) is 0 Å². The molecule has 0 fully saturated rings. The number of benzene rings is 1. The molecule has 1 nitrogen and oxygen atoms in total. The molecule has 2 aromatic rings. The third-order valence-electron chi connectivity index (χ3n) is 2.31. The van der Waals surface area contributed by atoms with Gasteiger partial charge in [-0.25, -0.2) is 0 Å². The van der Waals surface area contributed by atoms with Crippen LogP contribution in [0.5, 0.6) is 0 Å². The largest absolute Gasteiger partial charge is 0.416 e. The molecule has 0 saturated carbocycles. The van der Waals surface area contributed by atoms with Crippen molar-refractivity contribution in [2.75, 3.05) is 5.32 Å². The van der Waals surface area contributed by atoms with Crippen molar-refractivity contribution in [3.05, 3.63) is 50.6 Å². The molecule has 0 saturated heterocycles. The van der Waals surface area contributed by atoms with Crippen LogP contribution in [0.3, 0.4) is 0 Å². The van der Waals surface area contributed by atoms with Gasteiger partial charge < -0.3 is 5.32 Å². The van der Waals surface area contributed by atoms with Gasteiger partial charge in [0.15, 0.2) is 0 Å². The Kier molecular flexibility index (Phi) is 3.97. The maximum atomic E-state index is 12.5. The van der Waals surface area contributed by atoms with E-state index in [1.807, 2.05) is 11.4 Å². The molecular weight excluding hydrogens is 327 g/mol. The van der Waals surface area contributed by atoms with E-state index in [1.54, 1.807) is 17.4 Å². The molecule has 0 unspecified atom stereocenters. The zero-order valence-electron chi connectivity index (χ0n) is 9.09. The average Bonchev–Trinajstić information content (AvgIpc) is 2.72. The summed E-state index contributed by atoms with van der Waals surface area (Å²) in [6.45, 7) is 0.503. The van der Waals surface area contributed by atoms with Crippen molar-refractivity contribution >= 4 is 33.0 Å². The smallest absolute Gasteiger partial charge is 0.381 e. The second-order valence-electron chi connectivity index (χ2n) is 3.69. The van der Waals surface area contributed by atoms with Gasteiger partial charge in [0.05, 0.1) is 9.35 Å². The molecule has 18 heavy (non-hydrogen) atoms. The molecule has 0 radical (unpaired) electrons. The SMILES string of the molecule is FC(F)(F)c1cccc(NCc2csc(Br)c2)c1. The molecule has 1 N–H and O–H groups in total. The van der Waals surface area contributed by atoms with Crippen molar-refractivity contribution in [2.45, 2.75) is 12.7 Å². The molecular formula is C12H9BrF3NS. The molecule has 0 aliphatic heterocycles. The summed E-state index contributed by atoms with van der Waals surface area (Å²) in [5, 5.41) is 4.92. The van der Waals surface area contributed by atoms with Gasteiger partial charge in [-0.15, -0.1) is 11.3 Å². The number of hydrogen-bond acceptors (Lipinski definition) is 2. The molecule has 96 valence electrons. The standard InChI is InChI=1S/C12H9BrF3NS/c13-11-4-8(7-18-11)6-17-10-3-1-2-9(5-10)12(14,15)16/h1-5,7,17H,6H2. The fourth-order valence-electron chi connectivity index (χ4n) is 1.45. The Morgan fingerprint density at radius 3 is 2.61 bits per heavy atom. The van der Waals surface area contributed by atoms with Crippen molar-refractivity contribution in [2.24, 2.45) is 0 Å². The summed E-state index contributed by atoms with van der Waals surface area (Å²) in [6.07, 6.45) is -4.30. The van der Waals surface area contributed by atoms with E-state index in [2.05, 4.69) is 21.2 Å². The summed E-state index contributed by atoms with van der Waals surface area (Å²) in [4.78, 5) is 0. The fraction of sp³-hybridized carbons (Fsp3) is 0.167.